The number of unbranched alkanes of at least 4 members (excludes halogenated alkanes) is 3. The van der Waals surface area contributed by atoms with Crippen molar-refractivity contribution in [1.82, 2.24) is 0 Å². The SMILES string of the molecule is CCCCCCOC1CCC(C)(C)C1N. The summed E-state index contributed by atoms with van der Waals surface area (Å²) in [6.45, 7) is 7.63. The summed E-state index contributed by atoms with van der Waals surface area (Å²) in [4.78, 5) is 0. The molecule has 0 aromatic heterocycles. The van der Waals surface area contributed by atoms with Gasteiger partial charge in [-0.3, -0.25) is 0 Å². The smallest absolute Gasteiger partial charge is 0.0731 e. The molecule has 90 valence electrons. The van der Waals surface area contributed by atoms with Gasteiger partial charge in [0.25, 0.3) is 0 Å². The van der Waals surface area contributed by atoms with Crippen LogP contribution >= 0.6 is 0 Å². The molecule has 0 radical (unpaired) electrons. The molecule has 2 N–H and O–H groups in total. The van der Waals surface area contributed by atoms with E-state index in [4.69, 9.17) is 10.5 Å². The van der Waals surface area contributed by atoms with Crippen LogP contribution in [-0.4, -0.2) is 18.8 Å². The fourth-order valence-electron chi connectivity index (χ4n) is 2.31. The third-order valence-electron chi connectivity index (χ3n) is 3.71. The van der Waals surface area contributed by atoms with Crippen LogP contribution in [0.5, 0.6) is 0 Å². The molecule has 15 heavy (non-hydrogen) atoms. The molecular weight excluding hydrogens is 186 g/mol. The first-order chi connectivity index (χ1) is 7.08. The molecule has 0 heterocycles. The quantitative estimate of drug-likeness (QED) is 0.688. The molecule has 0 bridgehead atoms. The number of ether oxygens (including phenoxy) is 1. The van der Waals surface area contributed by atoms with Crippen molar-refractivity contribution in [2.45, 2.75) is 71.4 Å². The molecule has 1 rings (SSSR count). The van der Waals surface area contributed by atoms with E-state index in [2.05, 4.69) is 20.8 Å². The number of nitrogens with two attached hydrogens (primary N) is 1. The first kappa shape index (κ1) is 13.0. The zero-order chi connectivity index (χ0) is 11.3. The fraction of sp³-hybridized carbons (Fsp3) is 1.00. The molecule has 0 aromatic rings. The second kappa shape index (κ2) is 5.86. The van der Waals surface area contributed by atoms with Gasteiger partial charge in [-0.1, -0.05) is 40.0 Å². The molecule has 1 fully saturated rings. The lowest BCUT2D eigenvalue weighted by Crippen LogP contribution is -2.41. The van der Waals surface area contributed by atoms with Crippen LogP contribution < -0.4 is 5.73 Å². The Labute approximate surface area is 94.6 Å². The molecule has 0 amide bonds. The van der Waals surface area contributed by atoms with Crippen molar-refractivity contribution in [2.24, 2.45) is 11.1 Å². The maximum absolute atomic E-state index is 6.17. The van der Waals surface area contributed by atoms with Crippen LogP contribution in [0.1, 0.15) is 59.3 Å². The van der Waals surface area contributed by atoms with Gasteiger partial charge in [0.2, 0.25) is 0 Å². The van der Waals surface area contributed by atoms with E-state index >= 15 is 0 Å². The largest absolute Gasteiger partial charge is 0.377 e. The molecular formula is C13H27NO. The number of hydrogen-bond donors (Lipinski definition) is 1. The first-order valence-corrected chi connectivity index (χ1v) is 6.45. The van der Waals surface area contributed by atoms with Crippen LogP contribution in [-0.2, 0) is 4.74 Å². The highest BCUT2D eigenvalue weighted by Crippen LogP contribution is 2.37. The first-order valence-electron chi connectivity index (χ1n) is 6.45. The van der Waals surface area contributed by atoms with Gasteiger partial charge < -0.3 is 10.5 Å². The Bertz CT molecular complexity index is 179. The minimum Gasteiger partial charge on any atom is -0.377 e. The Hall–Kier alpha value is -0.0800. The van der Waals surface area contributed by atoms with E-state index in [1.54, 1.807) is 0 Å². The highest BCUT2D eigenvalue weighted by Gasteiger charge is 2.39. The summed E-state index contributed by atoms with van der Waals surface area (Å²) in [6, 6.07) is 0.226. The summed E-state index contributed by atoms with van der Waals surface area (Å²) < 4.78 is 5.87. The molecule has 2 nitrogen and oxygen atoms in total. The lowest BCUT2D eigenvalue weighted by molar-refractivity contribution is 0.0354. The lowest BCUT2D eigenvalue weighted by Gasteiger charge is -2.26. The summed E-state index contributed by atoms with van der Waals surface area (Å²) in [5.41, 5.74) is 6.44. The number of rotatable bonds is 6. The number of hydrogen-bond acceptors (Lipinski definition) is 2. The molecule has 1 saturated carbocycles. The Morgan fingerprint density at radius 1 is 1.27 bits per heavy atom. The van der Waals surface area contributed by atoms with Crippen molar-refractivity contribution < 1.29 is 4.74 Å². The van der Waals surface area contributed by atoms with Gasteiger partial charge >= 0.3 is 0 Å². The summed E-state index contributed by atoms with van der Waals surface area (Å²) >= 11 is 0. The second-order valence-electron chi connectivity index (χ2n) is 5.52. The Kier molecular flexibility index (Phi) is 5.07. The predicted molar refractivity (Wildman–Crippen MR) is 64.9 cm³/mol. The van der Waals surface area contributed by atoms with Crippen LogP contribution in [0.2, 0.25) is 0 Å². The fourth-order valence-corrected chi connectivity index (χ4v) is 2.31. The molecule has 2 unspecified atom stereocenters. The molecule has 0 spiro atoms. The van der Waals surface area contributed by atoms with E-state index in [9.17, 15) is 0 Å². The van der Waals surface area contributed by atoms with Crippen molar-refractivity contribution in [1.29, 1.82) is 0 Å². The van der Waals surface area contributed by atoms with Crippen molar-refractivity contribution in [2.75, 3.05) is 6.61 Å². The third-order valence-corrected chi connectivity index (χ3v) is 3.71. The minimum atomic E-state index is 0.226. The molecule has 2 atom stereocenters. The Morgan fingerprint density at radius 3 is 2.53 bits per heavy atom. The van der Waals surface area contributed by atoms with Gasteiger partial charge in [0, 0.05) is 12.6 Å². The van der Waals surface area contributed by atoms with Crippen LogP contribution in [0.3, 0.4) is 0 Å². The van der Waals surface area contributed by atoms with Gasteiger partial charge in [-0.15, -0.1) is 0 Å². The molecule has 1 aliphatic rings. The van der Waals surface area contributed by atoms with E-state index in [-0.39, 0.29) is 11.5 Å². The lowest BCUT2D eigenvalue weighted by atomic mass is 9.88. The molecule has 2 heteroatoms. The van der Waals surface area contributed by atoms with Gasteiger partial charge in [0.1, 0.15) is 0 Å². The van der Waals surface area contributed by atoms with Crippen molar-refractivity contribution >= 4 is 0 Å². The average Bonchev–Trinajstić information content (AvgIpc) is 2.44. The highest BCUT2D eigenvalue weighted by molar-refractivity contribution is 4.94. The Balaban J connectivity index is 2.12. The predicted octanol–water partition coefficient (Wildman–Crippen LogP) is 3.10. The highest BCUT2D eigenvalue weighted by atomic mass is 16.5. The van der Waals surface area contributed by atoms with Crippen molar-refractivity contribution in [3.63, 3.8) is 0 Å². The normalized spacial score (nSPS) is 29.6. The van der Waals surface area contributed by atoms with Crippen LogP contribution in [0.25, 0.3) is 0 Å². The van der Waals surface area contributed by atoms with Gasteiger partial charge in [0.15, 0.2) is 0 Å². The van der Waals surface area contributed by atoms with E-state index in [0.29, 0.717) is 6.10 Å². The van der Waals surface area contributed by atoms with Crippen molar-refractivity contribution in [3.05, 3.63) is 0 Å². The molecule has 0 aromatic carbocycles. The van der Waals surface area contributed by atoms with Crippen LogP contribution in [0.15, 0.2) is 0 Å². The molecule has 1 aliphatic carbocycles. The van der Waals surface area contributed by atoms with E-state index in [1.165, 1.54) is 32.1 Å². The second-order valence-corrected chi connectivity index (χ2v) is 5.52. The van der Waals surface area contributed by atoms with Crippen molar-refractivity contribution in [3.8, 4) is 0 Å². The zero-order valence-electron chi connectivity index (χ0n) is 10.6. The average molecular weight is 213 g/mol. The maximum Gasteiger partial charge on any atom is 0.0731 e. The van der Waals surface area contributed by atoms with Gasteiger partial charge in [0.05, 0.1) is 6.10 Å². The van der Waals surface area contributed by atoms with E-state index < -0.39 is 0 Å². The summed E-state index contributed by atoms with van der Waals surface area (Å²) in [6.07, 6.45) is 7.75. The monoisotopic (exact) mass is 213 g/mol. The maximum atomic E-state index is 6.17. The molecule has 0 saturated heterocycles. The topological polar surface area (TPSA) is 35.2 Å². The summed E-state index contributed by atoms with van der Waals surface area (Å²) in [7, 11) is 0. The standard InChI is InChI=1S/C13H27NO/c1-4-5-6-7-10-15-11-8-9-13(2,3)12(11)14/h11-12H,4-10,14H2,1-3H3. The third kappa shape index (κ3) is 3.76. The van der Waals surface area contributed by atoms with Gasteiger partial charge in [-0.25, -0.2) is 0 Å². The van der Waals surface area contributed by atoms with Gasteiger partial charge in [-0.05, 0) is 24.7 Å². The summed E-state index contributed by atoms with van der Waals surface area (Å²) in [5, 5.41) is 0. The van der Waals surface area contributed by atoms with E-state index in [1.807, 2.05) is 0 Å². The zero-order valence-corrected chi connectivity index (χ0v) is 10.6. The molecule has 0 aliphatic heterocycles. The van der Waals surface area contributed by atoms with Crippen LogP contribution in [0, 0.1) is 5.41 Å². The Morgan fingerprint density at radius 2 is 2.00 bits per heavy atom. The van der Waals surface area contributed by atoms with Gasteiger partial charge in [-0.2, -0.15) is 0 Å². The summed E-state index contributed by atoms with van der Waals surface area (Å²) in [5.74, 6) is 0. The van der Waals surface area contributed by atoms with Crippen LogP contribution in [0.4, 0.5) is 0 Å². The van der Waals surface area contributed by atoms with E-state index in [0.717, 1.165) is 13.0 Å². The minimum absolute atomic E-state index is 0.226.